The monoisotopic (exact) mass is 401 g/mol. The molecule has 0 unspecified atom stereocenters. The first-order valence-electron chi connectivity index (χ1n) is 6.48. The summed E-state index contributed by atoms with van der Waals surface area (Å²) in [5.41, 5.74) is 3.66. The van der Waals surface area contributed by atoms with Crippen molar-refractivity contribution in [1.82, 2.24) is 10.2 Å². The van der Waals surface area contributed by atoms with Crippen LogP contribution >= 0.6 is 42.1 Å². The predicted molar refractivity (Wildman–Crippen MR) is 101 cm³/mol. The summed E-state index contributed by atoms with van der Waals surface area (Å²) in [5, 5.41) is 4.25. The van der Waals surface area contributed by atoms with E-state index >= 15 is 0 Å². The Morgan fingerprint density at radius 3 is 2.32 bits per heavy atom. The zero-order chi connectivity index (χ0) is 16.8. The molecule has 0 heterocycles. The second-order valence-electron chi connectivity index (χ2n) is 4.02. The summed E-state index contributed by atoms with van der Waals surface area (Å²) in [6.07, 6.45) is 0. The molecule has 0 saturated carbocycles. The molecule has 5 nitrogen and oxygen atoms in total. The second-order valence-corrected chi connectivity index (χ2v) is 8.68. The van der Waals surface area contributed by atoms with E-state index in [9.17, 15) is 0 Å². The number of rotatable bonds is 7. The van der Waals surface area contributed by atoms with Crippen molar-refractivity contribution in [2.75, 3.05) is 25.6 Å². The van der Waals surface area contributed by atoms with Crippen molar-refractivity contribution in [2.24, 2.45) is 0 Å². The zero-order valence-corrected chi connectivity index (χ0v) is 16.5. The van der Waals surface area contributed by atoms with Crippen LogP contribution in [0.3, 0.4) is 0 Å². The Balaban J connectivity index is 2.70. The second kappa shape index (κ2) is 9.35. The molecule has 1 aromatic rings. The van der Waals surface area contributed by atoms with Gasteiger partial charge in [0.15, 0.2) is 5.11 Å². The lowest BCUT2D eigenvalue weighted by atomic mass is 10.3. The van der Waals surface area contributed by atoms with Crippen LogP contribution in [0.1, 0.15) is 13.8 Å². The van der Waals surface area contributed by atoms with Gasteiger partial charge in [-0.2, -0.15) is 0 Å². The van der Waals surface area contributed by atoms with Crippen LogP contribution in [0.5, 0.6) is 0 Å². The quantitative estimate of drug-likeness (QED) is 0.398. The smallest absolute Gasteiger partial charge is 0.281 e. The summed E-state index contributed by atoms with van der Waals surface area (Å²) in [6, 6.07) is 5.13. The SMILES string of the molecule is CCOP(=S)(OCC)N(C)NC(=S)Nc1ccc(Cl)c(Cl)c1. The Bertz CT molecular complexity index is 567. The van der Waals surface area contributed by atoms with Gasteiger partial charge in [0.2, 0.25) is 0 Å². The molecule has 0 aliphatic heterocycles. The molecule has 0 spiro atoms. The zero-order valence-electron chi connectivity index (χ0n) is 12.4. The fourth-order valence-corrected chi connectivity index (χ4v) is 4.15. The highest BCUT2D eigenvalue weighted by molar-refractivity contribution is 8.08. The van der Waals surface area contributed by atoms with Crippen LogP contribution in [0.25, 0.3) is 0 Å². The van der Waals surface area contributed by atoms with Gasteiger partial charge in [0.1, 0.15) is 0 Å². The fraction of sp³-hybridized carbons (Fsp3) is 0.417. The van der Waals surface area contributed by atoms with Gasteiger partial charge in [0.05, 0.1) is 23.3 Å². The molecule has 0 bridgehead atoms. The van der Waals surface area contributed by atoms with E-state index in [1.807, 2.05) is 13.8 Å². The molecule has 1 aromatic carbocycles. The topological polar surface area (TPSA) is 45.8 Å². The normalized spacial score (nSPS) is 11.5. The van der Waals surface area contributed by atoms with Crippen molar-refractivity contribution in [3.63, 3.8) is 0 Å². The lowest BCUT2D eigenvalue weighted by molar-refractivity contribution is 0.217. The molecule has 0 radical (unpaired) electrons. The van der Waals surface area contributed by atoms with E-state index in [-0.39, 0.29) is 0 Å². The molecule has 1 rings (SSSR count). The van der Waals surface area contributed by atoms with E-state index < -0.39 is 6.64 Å². The summed E-state index contributed by atoms with van der Waals surface area (Å²) in [4.78, 5) is 0. The standard InChI is InChI=1S/C12H18Cl2N3O2PS2/c1-4-18-20(22,19-5-2)17(3)16-12(21)15-9-6-7-10(13)11(14)8-9/h6-8H,4-5H2,1-3H3,(H2,15,16,21). The first-order valence-corrected chi connectivity index (χ1v) is 10.2. The molecule has 0 aliphatic rings. The number of halogens is 2. The van der Waals surface area contributed by atoms with E-state index in [1.165, 1.54) is 0 Å². The van der Waals surface area contributed by atoms with Crippen LogP contribution in [0.2, 0.25) is 10.0 Å². The molecule has 2 N–H and O–H groups in total. The number of hydrazine groups is 1. The molecule has 0 fully saturated rings. The van der Waals surface area contributed by atoms with Crippen molar-refractivity contribution in [3.05, 3.63) is 28.2 Å². The molecule has 0 atom stereocenters. The van der Waals surface area contributed by atoms with Crippen LogP contribution in [-0.2, 0) is 20.9 Å². The summed E-state index contributed by atoms with van der Waals surface area (Å²) < 4.78 is 12.7. The third kappa shape index (κ3) is 5.91. The molecule has 10 heteroatoms. The van der Waals surface area contributed by atoms with Crippen molar-refractivity contribution >= 4 is 64.7 Å². The van der Waals surface area contributed by atoms with Gasteiger partial charge >= 0.3 is 0 Å². The van der Waals surface area contributed by atoms with E-state index in [2.05, 4.69) is 10.7 Å². The molecule has 124 valence electrons. The number of hydrogen-bond donors (Lipinski definition) is 2. The molecular formula is C12H18Cl2N3O2PS2. The predicted octanol–water partition coefficient (Wildman–Crippen LogP) is 4.42. The van der Waals surface area contributed by atoms with Gasteiger partial charge < -0.3 is 14.4 Å². The average molecular weight is 402 g/mol. The highest BCUT2D eigenvalue weighted by Crippen LogP contribution is 2.49. The van der Waals surface area contributed by atoms with Gasteiger partial charge in [-0.1, -0.05) is 23.2 Å². The van der Waals surface area contributed by atoms with Crippen LogP contribution in [-0.4, -0.2) is 30.2 Å². The van der Waals surface area contributed by atoms with E-state index in [0.29, 0.717) is 34.1 Å². The van der Waals surface area contributed by atoms with E-state index in [0.717, 1.165) is 0 Å². The minimum Gasteiger partial charge on any atom is -0.332 e. The Labute approximate surface area is 151 Å². The highest BCUT2D eigenvalue weighted by atomic mass is 35.5. The van der Waals surface area contributed by atoms with Crippen LogP contribution in [0.4, 0.5) is 5.69 Å². The first-order chi connectivity index (χ1) is 10.3. The first kappa shape index (κ1) is 20.1. The molecule has 0 aromatic heterocycles. The van der Waals surface area contributed by atoms with Crippen LogP contribution in [0, 0.1) is 0 Å². The van der Waals surface area contributed by atoms with Gasteiger partial charge in [-0.25, -0.2) is 0 Å². The van der Waals surface area contributed by atoms with Gasteiger partial charge in [-0.15, -0.1) is 4.78 Å². The summed E-state index contributed by atoms with van der Waals surface area (Å²) in [6.45, 7) is 2.03. The van der Waals surface area contributed by atoms with Crippen LogP contribution < -0.4 is 10.7 Å². The number of nitrogens with zero attached hydrogens (tertiary/aromatic N) is 1. The Kier molecular flexibility index (Phi) is 8.53. The maximum atomic E-state index is 5.96. The Hall–Kier alpha value is 0.0200. The maximum Gasteiger partial charge on any atom is 0.281 e. The number of nitrogens with one attached hydrogen (secondary N) is 2. The Morgan fingerprint density at radius 1 is 1.23 bits per heavy atom. The summed E-state index contributed by atoms with van der Waals surface area (Å²) >= 11 is 22.5. The van der Waals surface area contributed by atoms with E-state index in [1.54, 1.807) is 30.0 Å². The van der Waals surface area contributed by atoms with Gasteiger partial charge in [-0.3, -0.25) is 5.43 Å². The lowest BCUT2D eigenvalue weighted by Gasteiger charge is -2.30. The molecule has 0 aliphatic carbocycles. The van der Waals surface area contributed by atoms with Crippen molar-refractivity contribution in [2.45, 2.75) is 13.8 Å². The van der Waals surface area contributed by atoms with Crippen molar-refractivity contribution in [1.29, 1.82) is 0 Å². The van der Waals surface area contributed by atoms with Gasteiger partial charge in [0.25, 0.3) is 6.64 Å². The summed E-state index contributed by atoms with van der Waals surface area (Å²) in [5.74, 6) is 0. The Morgan fingerprint density at radius 2 is 1.82 bits per heavy atom. The lowest BCUT2D eigenvalue weighted by Crippen LogP contribution is -2.40. The highest BCUT2D eigenvalue weighted by Gasteiger charge is 2.25. The summed E-state index contributed by atoms with van der Waals surface area (Å²) in [7, 11) is 1.73. The number of thiocarbonyl (C=S) groups is 1. The third-order valence-electron chi connectivity index (χ3n) is 2.39. The van der Waals surface area contributed by atoms with Gasteiger partial charge in [0, 0.05) is 12.7 Å². The maximum absolute atomic E-state index is 5.96. The molecule has 0 saturated heterocycles. The molecular weight excluding hydrogens is 384 g/mol. The minimum absolute atomic E-state index is 0.342. The van der Waals surface area contributed by atoms with Crippen molar-refractivity contribution < 1.29 is 9.05 Å². The third-order valence-corrected chi connectivity index (χ3v) is 6.70. The van der Waals surface area contributed by atoms with Crippen LogP contribution in [0.15, 0.2) is 18.2 Å². The average Bonchev–Trinajstić information content (AvgIpc) is 2.43. The fourth-order valence-electron chi connectivity index (χ4n) is 1.48. The number of anilines is 1. The molecule has 22 heavy (non-hydrogen) atoms. The van der Waals surface area contributed by atoms with E-state index in [4.69, 9.17) is 56.3 Å². The number of benzene rings is 1. The van der Waals surface area contributed by atoms with Gasteiger partial charge in [-0.05, 0) is 56.1 Å². The number of hydrogen-bond acceptors (Lipinski definition) is 4. The minimum atomic E-state index is -2.61. The molecule has 0 amide bonds. The largest absolute Gasteiger partial charge is 0.332 e. The van der Waals surface area contributed by atoms with Crippen molar-refractivity contribution in [3.8, 4) is 0 Å².